The fourth-order valence-electron chi connectivity index (χ4n) is 2.80. The molecule has 0 aliphatic carbocycles. The third-order valence-corrected chi connectivity index (χ3v) is 4.32. The van der Waals surface area contributed by atoms with Gasteiger partial charge in [0.2, 0.25) is 5.89 Å². The molecular formula is C23H22N2O5S. The van der Waals surface area contributed by atoms with Gasteiger partial charge >= 0.3 is 0 Å². The minimum Gasteiger partial charge on any atom is -0.748 e. The van der Waals surface area contributed by atoms with Crippen LogP contribution in [0.3, 0.4) is 0 Å². The van der Waals surface area contributed by atoms with Gasteiger partial charge < -0.3 is 13.7 Å². The zero-order valence-electron chi connectivity index (χ0n) is 17.3. The lowest BCUT2D eigenvalue weighted by Gasteiger charge is -2.04. The van der Waals surface area contributed by atoms with Crippen LogP contribution in [-0.2, 0) is 17.2 Å². The van der Waals surface area contributed by atoms with Crippen molar-refractivity contribution < 1.29 is 26.7 Å². The maximum Gasteiger partial charge on any atom is 0.227 e. The Bertz CT molecular complexity index is 1220. The molecule has 0 fully saturated rings. The molecule has 0 spiro atoms. The number of methoxy groups -OCH3 is 1. The summed E-state index contributed by atoms with van der Waals surface area (Å²) in [5.41, 5.74) is 4.26. The second-order valence-corrected chi connectivity index (χ2v) is 8.20. The summed E-state index contributed by atoms with van der Waals surface area (Å²) in [7, 11) is -0.264. The van der Waals surface area contributed by atoms with Crippen LogP contribution in [0, 0.1) is 0 Å². The highest BCUT2D eigenvalue weighted by molar-refractivity contribution is 7.84. The third kappa shape index (κ3) is 6.50. The molecule has 2 aromatic carbocycles. The predicted octanol–water partition coefficient (Wildman–Crippen LogP) is 3.67. The molecule has 0 saturated heterocycles. The molecule has 0 atom stereocenters. The summed E-state index contributed by atoms with van der Waals surface area (Å²) in [6.45, 7) is 0. The zero-order chi connectivity index (χ0) is 22.4. The molecule has 0 aliphatic rings. The first-order chi connectivity index (χ1) is 14.7. The van der Waals surface area contributed by atoms with Crippen molar-refractivity contribution in [3.63, 3.8) is 0 Å². The fourth-order valence-corrected chi connectivity index (χ4v) is 2.80. The lowest BCUT2D eigenvalue weighted by Crippen LogP contribution is -2.25. The normalized spacial score (nSPS) is 10.8. The molecule has 0 radical (unpaired) electrons. The number of rotatable bonds is 4. The average Bonchev–Trinajstić information content (AvgIpc) is 3.24. The molecule has 4 rings (SSSR count). The lowest BCUT2D eigenvalue weighted by atomic mass is 10.0. The van der Waals surface area contributed by atoms with Crippen LogP contribution < -0.4 is 9.30 Å². The molecule has 0 saturated carbocycles. The van der Waals surface area contributed by atoms with E-state index in [0.717, 1.165) is 33.8 Å². The molecule has 31 heavy (non-hydrogen) atoms. The van der Waals surface area contributed by atoms with Crippen LogP contribution in [0.2, 0.25) is 0 Å². The van der Waals surface area contributed by atoms with E-state index in [1.165, 1.54) is 0 Å². The standard InChI is InChI=1S/C22H19N2O2.CH4O3S/c1-24-13-11-19(12-14-24)22-23-15-21(26-22)18-5-3-16(4-6-18)17-7-9-20(25-2)10-8-17;1-5(2,3)4/h3-15H,1-2H3;1H3,(H,2,3,4)/q+1;/p-1. The van der Waals surface area contributed by atoms with E-state index < -0.39 is 10.1 Å². The maximum atomic E-state index is 9.08. The van der Waals surface area contributed by atoms with Crippen LogP contribution in [0.1, 0.15) is 0 Å². The van der Waals surface area contributed by atoms with Crippen LogP contribution >= 0.6 is 0 Å². The predicted molar refractivity (Wildman–Crippen MR) is 116 cm³/mol. The van der Waals surface area contributed by atoms with E-state index >= 15 is 0 Å². The number of oxazole rings is 1. The minimum atomic E-state index is -3.92. The largest absolute Gasteiger partial charge is 0.748 e. The van der Waals surface area contributed by atoms with Crippen molar-refractivity contribution >= 4 is 10.1 Å². The number of hydrogen-bond acceptors (Lipinski definition) is 6. The van der Waals surface area contributed by atoms with Crippen LogP contribution in [0.15, 0.2) is 83.7 Å². The molecule has 2 heterocycles. The Hall–Kier alpha value is -3.49. The molecule has 0 aliphatic heterocycles. The Morgan fingerprint density at radius 1 is 0.871 bits per heavy atom. The monoisotopic (exact) mass is 438 g/mol. The zero-order valence-corrected chi connectivity index (χ0v) is 18.2. The molecule has 2 aromatic heterocycles. The van der Waals surface area contributed by atoms with E-state index in [0.29, 0.717) is 12.1 Å². The van der Waals surface area contributed by atoms with Crippen molar-refractivity contribution in [3.05, 3.63) is 79.3 Å². The summed E-state index contributed by atoms with van der Waals surface area (Å²) in [4.78, 5) is 4.40. The van der Waals surface area contributed by atoms with Gasteiger partial charge in [-0.1, -0.05) is 36.4 Å². The molecule has 0 amide bonds. The summed E-state index contributed by atoms with van der Waals surface area (Å²) in [6.07, 6.45) is 6.32. The van der Waals surface area contributed by atoms with Gasteiger partial charge in [-0.2, -0.15) is 0 Å². The number of ether oxygens (including phenoxy) is 1. The first kappa shape index (κ1) is 22.2. The van der Waals surface area contributed by atoms with Gasteiger partial charge in [0, 0.05) is 29.5 Å². The van der Waals surface area contributed by atoms with Crippen LogP contribution in [-0.4, -0.2) is 31.3 Å². The van der Waals surface area contributed by atoms with E-state index in [1.54, 1.807) is 13.3 Å². The smallest absolute Gasteiger partial charge is 0.227 e. The second-order valence-electron chi connectivity index (χ2n) is 6.79. The third-order valence-electron chi connectivity index (χ3n) is 4.32. The van der Waals surface area contributed by atoms with Crippen molar-refractivity contribution in [1.29, 1.82) is 0 Å². The van der Waals surface area contributed by atoms with Crippen molar-refractivity contribution in [2.24, 2.45) is 7.05 Å². The quantitative estimate of drug-likeness (QED) is 0.356. The van der Waals surface area contributed by atoms with Crippen molar-refractivity contribution in [2.45, 2.75) is 0 Å². The van der Waals surface area contributed by atoms with E-state index in [-0.39, 0.29) is 0 Å². The topological polar surface area (TPSA) is 96.3 Å². The Labute approximate surface area is 181 Å². The number of aryl methyl sites for hydroxylation is 1. The summed E-state index contributed by atoms with van der Waals surface area (Å²) in [5.74, 6) is 2.24. The Morgan fingerprint density at radius 3 is 1.87 bits per heavy atom. The number of nitrogens with zero attached hydrogens (tertiary/aromatic N) is 2. The Balaban J connectivity index is 0.000000491. The van der Waals surface area contributed by atoms with Gasteiger partial charge in [-0.05, 0) is 23.3 Å². The summed E-state index contributed by atoms with van der Waals surface area (Å²) >= 11 is 0. The number of benzene rings is 2. The first-order valence-corrected chi connectivity index (χ1v) is 11.1. The molecule has 7 nitrogen and oxygen atoms in total. The van der Waals surface area contributed by atoms with E-state index in [2.05, 4.69) is 41.4 Å². The molecular weight excluding hydrogens is 416 g/mol. The summed E-state index contributed by atoms with van der Waals surface area (Å²) in [5, 5.41) is 0. The number of aromatic nitrogens is 2. The molecule has 0 unspecified atom stereocenters. The van der Waals surface area contributed by atoms with Crippen molar-refractivity contribution in [2.75, 3.05) is 13.4 Å². The van der Waals surface area contributed by atoms with Crippen LogP contribution in [0.4, 0.5) is 0 Å². The van der Waals surface area contributed by atoms with Gasteiger partial charge in [0.15, 0.2) is 18.2 Å². The van der Waals surface area contributed by atoms with Crippen molar-refractivity contribution in [3.8, 4) is 39.7 Å². The minimum absolute atomic E-state index is 0.604. The van der Waals surface area contributed by atoms with E-state index in [9.17, 15) is 0 Å². The Kier molecular flexibility index (Phi) is 6.84. The lowest BCUT2D eigenvalue weighted by molar-refractivity contribution is -0.671. The van der Waals surface area contributed by atoms with Gasteiger partial charge in [0.05, 0.1) is 23.4 Å². The Morgan fingerprint density at radius 2 is 1.35 bits per heavy atom. The molecule has 4 aromatic rings. The van der Waals surface area contributed by atoms with Crippen LogP contribution in [0.5, 0.6) is 5.75 Å². The highest BCUT2D eigenvalue weighted by Crippen LogP contribution is 2.28. The SMILES string of the molecule is COc1ccc(-c2ccc(-c3cnc(-c4cc[n+](C)cc4)o3)cc2)cc1.CS(=O)(=O)[O-]. The fraction of sp³-hybridized carbons (Fsp3) is 0.130. The van der Waals surface area contributed by atoms with E-state index in [4.69, 9.17) is 22.1 Å². The summed E-state index contributed by atoms with van der Waals surface area (Å²) < 4.78 is 40.3. The van der Waals surface area contributed by atoms with Crippen molar-refractivity contribution in [1.82, 2.24) is 4.98 Å². The molecule has 0 bridgehead atoms. The number of pyridine rings is 1. The second kappa shape index (κ2) is 9.55. The van der Waals surface area contributed by atoms with Gasteiger partial charge in [0.25, 0.3) is 0 Å². The van der Waals surface area contributed by atoms with E-state index in [1.807, 2.05) is 48.3 Å². The van der Waals surface area contributed by atoms with Gasteiger partial charge in [-0.25, -0.2) is 18.0 Å². The number of hydrogen-bond donors (Lipinski definition) is 0. The summed E-state index contributed by atoms with van der Waals surface area (Å²) in [6, 6.07) is 20.3. The van der Waals surface area contributed by atoms with Gasteiger partial charge in [-0.15, -0.1) is 0 Å². The molecule has 8 heteroatoms. The van der Waals surface area contributed by atoms with Gasteiger partial charge in [0.1, 0.15) is 12.8 Å². The maximum absolute atomic E-state index is 9.08. The van der Waals surface area contributed by atoms with Crippen LogP contribution in [0.25, 0.3) is 33.9 Å². The highest BCUT2D eigenvalue weighted by Gasteiger charge is 2.10. The molecule has 0 N–H and O–H groups in total. The average molecular weight is 439 g/mol. The highest BCUT2D eigenvalue weighted by atomic mass is 32.2. The van der Waals surface area contributed by atoms with Gasteiger partial charge in [-0.3, -0.25) is 0 Å². The molecule has 160 valence electrons. The first-order valence-electron chi connectivity index (χ1n) is 9.30.